The standard InChI is InChI=1S/C24H20N2O2/c1-25(20-15-9-4-10-16-20)22-21(19-13-7-3-8-14-19)23(27)26(24(22)28)17-18-11-5-2-6-12-18/h2-16H,17H2,1H3. The Morgan fingerprint density at radius 1 is 0.714 bits per heavy atom. The summed E-state index contributed by atoms with van der Waals surface area (Å²) in [4.78, 5) is 29.7. The van der Waals surface area contributed by atoms with Crippen molar-refractivity contribution in [1.29, 1.82) is 0 Å². The Balaban J connectivity index is 1.79. The summed E-state index contributed by atoms with van der Waals surface area (Å²) in [5.74, 6) is -0.545. The van der Waals surface area contributed by atoms with Crippen molar-refractivity contribution in [2.24, 2.45) is 0 Å². The van der Waals surface area contributed by atoms with Gasteiger partial charge in [0.2, 0.25) is 0 Å². The van der Waals surface area contributed by atoms with Crippen LogP contribution in [0.15, 0.2) is 96.7 Å². The van der Waals surface area contributed by atoms with Gasteiger partial charge in [0.25, 0.3) is 11.8 Å². The van der Waals surface area contributed by atoms with Gasteiger partial charge >= 0.3 is 0 Å². The molecule has 3 aromatic carbocycles. The minimum atomic E-state index is -0.279. The Bertz CT molecular complexity index is 1030. The van der Waals surface area contributed by atoms with Crippen molar-refractivity contribution >= 4 is 23.1 Å². The SMILES string of the molecule is CN(C1=C(c2ccccc2)C(=O)N(Cc2ccccc2)C1=O)c1ccccc1. The van der Waals surface area contributed by atoms with Gasteiger partial charge in [0.15, 0.2) is 0 Å². The molecule has 1 aliphatic heterocycles. The van der Waals surface area contributed by atoms with E-state index >= 15 is 0 Å². The van der Waals surface area contributed by atoms with Crippen molar-refractivity contribution in [1.82, 2.24) is 4.90 Å². The first kappa shape index (κ1) is 17.7. The molecular weight excluding hydrogens is 348 g/mol. The quantitative estimate of drug-likeness (QED) is 0.637. The number of amides is 2. The third-order valence-corrected chi connectivity index (χ3v) is 4.87. The third-order valence-electron chi connectivity index (χ3n) is 4.87. The van der Waals surface area contributed by atoms with Crippen LogP contribution in [0.3, 0.4) is 0 Å². The molecule has 0 radical (unpaired) electrons. The Morgan fingerprint density at radius 3 is 1.86 bits per heavy atom. The number of hydrogen-bond donors (Lipinski definition) is 0. The highest BCUT2D eigenvalue weighted by molar-refractivity contribution is 6.36. The predicted octanol–water partition coefficient (Wildman–Crippen LogP) is 4.10. The van der Waals surface area contributed by atoms with Gasteiger partial charge in [-0.1, -0.05) is 78.9 Å². The zero-order valence-electron chi connectivity index (χ0n) is 15.6. The van der Waals surface area contributed by atoms with Crippen LogP contribution in [0.2, 0.25) is 0 Å². The van der Waals surface area contributed by atoms with Crippen LogP contribution >= 0.6 is 0 Å². The highest BCUT2D eigenvalue weighted by Crippen LogP contribution is 2.34. The molecule has 4 rings (SSSR count). The minimum Gasteiger partial charge on any atom is -0.339 e. The summed E-state index contributed by atoms with van der Waals surface area (Å²) in [6, 6.07) is 28.5. The first-order valence-corrected chi connectivity index (χ1v) is 9.15. The summed E-state index contributed by atoms with van der Waals surface area (Å²) >= 11 is 0. The van der Waals surface area contributed by atoms with Crippen molar-refractivity contribution in [3.63, 3.8) is 0 Å². The lowest BCUT2D eigenvalue weighted by Gasteiger charge is -2.21. The molecule has 0 unspecified atom stereocenters. The van der Waals surface area contributed by atoms with E-state index < -0.39 is 0 Å². The number of nitrogens with zero attached hydrogens (tertiary/aromatic N) is 2. The lowest BCUT2D eigenvalue weighted by Crippen LogP contribution is -2.33. The van der Waals surface area contributed by atoms with Crippen LogP contribution in [-0.2, 0) is 16.1 Å². The second-order valence-corrected chi connectivity index (χ2v) is 6.67. The number of para-hydroxylation sites is 1. The molecule has 28 heavy (non-hydrogen) atoms. The molecule has 2 amide bonds. The summed E-state index contributed by atoms with van der Waals surface area (Å²) in [7, 11) is 1.82. The number of anilines is 1. The van der Waals surface area contributed by atoms with E-state index in [1.165, 1.54) is 4.90 Å². The van der Waals surface area contributed by atoms with Crippen molar-refractivity contribution < 1.29 is 9.59 Å². The fourth-order valence-electron chi connectivity index (χ4n) is 3.43. The molecule has 0 atom stereocenters. The van der Waals surface area contributed by atoms with Crippen molar-refractivity contribution in [2.45, 2.75) is 6.54 Å². The number of rotatable bonds is 5. The molecule has 3 aromatic rings. The average molecular weight is 368 g/mol. The van der Waals surface area contributed by atoms with Crippen LogP contribution in [0.1, 0.15) is 11.1 Å². The number of benzene rings is 3. The lowest BCUT2D eigenvalue weighted by atomic mass is 10.0. The van der Waals surface area contributed by atoms with E-state index in [0.29, 0.717) is 11.3 Å². The molecule has 4 heteroatoms. The normalized spacial score (nSPS) is 14.0. The predicted molar refractivity (Wildman–Crippen MR) is 110 cm³/mol. The molecule has 0 aliphatic carbocycles. The molecule has 0 spiro atoms. The summed E-state index contributed by atoms with van der Waals surface area (Å²) < 4.78 is 0. The molecule has 0 saturated carbocycles. The van der Waals surface area contributed by atoms with Gasteiger partial charge in [0.05, 0.1) is 12.1 Å². The second-order valence-electron chi connectivity index (χ2n) is 6.67. The molecule has 0 aromatic heterocycles. The smallest absolute Gasteiger partial charge is 0.278 e. The molecule has 0 bridgehead atoms. The molecular formula is C24H20N2O2. The van der Waals surface area contributed by atoms with Gasteiger partial charge in [-0.2, -0.15) is 0 Å². The monoisotopic (exact) mass is 368 g/mol. The molecule has 4 nitrogen and oxygen atoms in total. The molecule has 0 N–H and O–H groups in total. The molecule has 1 heterocycles. The minimum absolute atomic E-state index is 0.251. The van der Waals surface area contributed by atoms with Gasteiger partial charge in [-0.15, -0.1) is 0 Å². The molecule has 138 valence electrons. The fourth-order valence-corrected chi connectivity index (χ4v) is 3.43. The number of carbonyl (C=O) groups is 2. The van der Waals surface area contributed by atoms with Gasteiger partial charge in [-0.05, 0) is 23.3 Å². The summed E-state index contributed by atoms with van der Waals surface area (Å²) in [5, 5.41) is 0. The van der Waals surface area contributed by atoms with E-state index in [9.17, 15) is 9.59 Å². The number of likely N-dealkylation sites (N-methyl/N-ethyl adjacent to an activating group) is 1. The van der Waals surface area contributed by atoms with E-state index in [2.05, 4.69) is 0 Å². The lowest BCUT2D eigenvalue weighted by molar-refractivity contribution is -0.137. The maximum atomic E-state index is 13.3. The highest BCUT2D eigenvalue weighted by atomic mass is 16.2. The molecule has 0 saturated heterocycles. The fraction of sp³-hybridized carbons (Fsp3) is 0.0833. The van der Waals surface area contributed by atoms with Gasteiger partial charge in [-0.25, -0.2) is 0 Å². The van der Waals surface area contributed by atoms with Crippen LogP contribution in [0.5, 0.6) is 0 Å². The topological polar surface area (TPSA) is 40.6 Å². The Labute approximate surface area is 164 Å². The van der Waals surface area contributed by atoms with Crippen LogP contribution in [0.25, 0.3) is 5.57 Å². The molecule has 0 fully saturated rings. The first-order chi connectivity index (χ1) is 13.7. The van der Waals surface area contributed by atoms with E-state index in [0.717, 1.165) is 16.8 Å². The number of imide groups is 1. The molecule has 1 aliphatic rings. The van der Waals surface area contributed by atoms with Crippen molar-refractivity contribution in [3.8, 4) is 0 Å². The van der Waals surface area contributed by atoms with Crippen LogP contribution < -0.4 is 4.90 Å². The zero-order valence-corrected chi connectivity index (χ0v) is 15.6. The maximum Gasteiger partial charge on any atom is 0.278 e. The summed E-state index contributed by atoms with van der Waals surface area (Å²) in [6.07, 6.45) is 0. The van der Waals surface area contributed by atoms with E-state index in [1.54, 1.807) is 4.90 Å². The van der Waals surface area contributed by atoms with Crippen molar-refractivity contribution in [3.05, 3.63) is 108 Å². The zero-order chi connectivity index (χ0) is 19.5. The van der Waals surface area contributed by atoms with E-state index in [4.69, 9.17) is 0 Å². The van der Waals surface area contributed by atoms with E-state index in [1.807, 2.05) is 98.0 Å². The van der Waals surface area contributed by atoms with Crippen LogP contribution in [-0.4, -0.2) is 23.8 Å². The number of carbonyl (C=O) groups excluding carboxylic acids is 2. The largest absolute Gasteiger partial charge is 0.339 e. The Hall–Kier alpha value is -3.66. The van der Waals surface area contributed by atoms with Crippen molar-refractivity contribution in [2.75, 3.05) is 11.9 Å². The average Bonchev–Trinajstić information content (AvgIpc) is 3.00. The van der Waals surface area contributed by atoms with Crippen LogP contribution in [0, 0.1) is 0 Å². The number of hydrogen-bond acceptors (Lipinski definition) is 3. The second kappa shape index (κ2) is 7.53. The van der Waals surface area contributed by atoms with Crippen LogP contribution in [0.4, 0.5) is 5.69 Å². The Morgan fingerprint density at radius 2 is 1.25 bits per heavy atom. The van der Waals surface area contributed by atoms with Gasteiger partial charge in [0.1, 0.15) is 5.70 Å². The summed E-state index contributed by atoms with van der Waals surface area (Å²) in [6.45, 7) is 0.251. The maximum absolute atomic E-state index is 13.3. The first-order valence-electron chi connectivity index (χ1n) is 9.15. The third kappa shape index (κ3) is 3.21. The Kier molecular flexibility index (Phi) is 4.77. The highest BCUT2D eigenvalue weighted by Gasteiger charge is 2.41. The summed E-state index contributed by atoms with van der Waals surface area (Å²) in [5.41, 5.74) is 3.36. The van der Waals surface area contributed by atoms with Gasteiger partial charge in [0, 0.05) is 12.7 Å². The van der Waals surface area contributed by atoms with Gasteiger partial charge in [-0.3, -0.25) is 14.5 Å². The van der Waals surface area contributed by atoms with Gasteiger partial charge < -0.3 is 4.90 Å². The van der Waals surface area contributed by atoms with E-state index in [-0.39, 0.29) is 18.4 Å².